The van der Waals surface area contributed by atoms with Crippen LogP contribution in [0.1, 0.15) is 34.3 Å². The first-order chi connectivity index (χ1) is 16.2. The highest BCUT2D eigenvalue weighted by atomic mass is 16.5. The molecule has 0 saturated carbocycles. The third-order valence-corrected chi connectivity index (χ3v) is 5.29. The molecule has 3 aromatic heterocycles. The molecule has 1 fully saturated rings. The Morgan fingerprint density at radius 2 is 2.13 bits per heavy atom. The fourth-order valence-corrected chi connectivity index (χ4v) is 3.71. The first-order valence-corrected chi connectivity index (χ1v) is 9.63. The Kier molecular flexibility index (Phi) is 3.91. The van der Waals surface area contributed by atoms with Crippen LogP contribution in [-0.4, -0.2) is 38.6 Å². The summed E-state index contributed by atoms with van der Waals surface area (Å²) in [5, 5.41) is 7.56. The number of hydrogen-bond acceptors (Lipinski definition) is 7. The molecule has 0 spiro atoms. The second-order valence-corrected chi connectivity index (χ2v) is 7.27. The summed E-state index contributed by atoms with van der Waals surface area (Å²) in [5.74, 6) is -0.455. The minimum atomic E-state index is -2.56. The number of nitrogens with zero attached hydrogens (tertiary/aromatic N) is 4. The molecule has 156 valence electrons. The zero-order chi connectivity index (χ0) is 23.9. The van der Waals surface area contributed by atoms with Crippen molar-refractivity contribution in [2.45, 2.75) is 25.3 Å². The number of carbonyl (C=O) groups excluding carboxylic acids is 2. The molecular weight excluding hydrogens is 398 g/mol. The summed E-state index contributed by atoms with van der Waals surface area (Å²) in [5.41, 5.74) is 3.14. The standard InChI is InChI=1S/C22H19N5O4/c1-30-15-8-23-20(24-9-15)11-27-10-14(7-25-27)13-2-3-16-18(12-31-19(16)6-13)17-4-5-21(28)26-22(17)29/h2-3,6-10,12,17H,4-5,11H2,1H3,(H,26,28,29)/i1D3. The largest absolute Gasteiger partial charge is 0.494 e. The van der Waals surface area contributed by atoms with Crippen LogP contribution in [-0.2, 0) is 16.1 Å². The van der Waals surface area contributed by atoms with Crippen LogP contribution in [0.15, 0.2) is 53.7 Å². The Balaban J connectivity index is 1.32. The van der Waals surface area contributed by atoms with Crippen LogP contribution < -0.4 is 10.1 Å². The second kappa shape index (κ2) is 7.67. The van der Waals surface area contributed by atoms with Crippen molar-refractivity contribution in [2.75, 3.05) is 7.04 Å². The van der Waals surface area contributed by atoms with Crippen molar-refractivity contribution in [3.8, 4) is 16.9 Å². The summed E-state index contributed by atoms with van der Waals surface area (Å²) in [6.45, 7) is 0.288. The number of rotatable bonds is 5. The number of nitrogens with one attached hydrogen (secondary N) is 1. The van der Waals surface area contributed by atoms with Crippen molar-refractivity contribution in [3.05, 3.63) is 60.6 Å². The second-order valence-electron chi connectivity index (χ2n) is 7.27. The minimum absolute atomic E-state index is 0.0633. The lowest BCUT2D eigenvalue weighted by atomic mass is 9.90. The Morgan fingerprint density at radius 3 is 2.94 bits per heavy atom. The molecule has 1 aromatic carbocycles. The van der Waals surface area contributed by atoms with Gasteiger partial charge in [-0.3, -0.25) is 19.6 Å². The van der Waals surface area contributed by atoms with E-state index in [0.29, 0.717) is 24.2 Å². The average Bonchev–Trinajstić information content (AvgIpc) is 3.41. The molecule has 4 heterocycles. The van der Waals surface area contributed by atoms with Gasteiger partial charge in [-0.2, -0.15) is 5.10 Å². The van der Waals surface area contributed by atoms with Crippen molar-refractivity contribution in [2.24, 2.45) is 0 Å². The number of methoxy groups -OCH3 is 1. The number of furan rings is 1. The van der Waals surface area contributed by atoms with Crippen LogP contribution in [0, 0.1) is 0 Å². The number of aromatic nitrogens is 4. The van der Waals surface area contributed by atoms with Crippen molar-refractivity contribution in [1.82, 2.24) is 25.1 Å². The van der Waals surface area contributed by atoms with E-state index in [1.54, 1.807) is 17.1 Å². The summed E-state index contributed by atoms with van der Waals surface area (Å²) in [7, 11) is -2.56. The molecule has 2 amide bonds. The van der Waals surface area contributed by atoms with Gasteiger partial charge in [0.25, 0.3) is 0 Å². The molecule has 0 aliphatic carbocycles. The highest BCUT2D eigenvalue weighted by Gasteiger charge is 2.30. The summed E-state index contributed by atoms with van der Waals surface area (Å²) < 4.78 is 33.5. The molecule has 9 nitrogen and oxygen atoms in total. The SMILES string of the molecule is [2H]C([2H])([2H])Oc1cnc(Cn2cc(-c3ccc4c(C5CCC(=O)NC5=O)coc4c3)cn2)nc1. The molecule has 1 aliphatic heterocycles. The summed E-state index contributed by atoms with van der Waals surface area (Å²) in [6, 6.07) is 5.70. The average molecular weight is 420 g/mol. The monoisotopic (exact) mass is 420 g/mol. The Hall–Kier alpha value is -4.01. The maximum Gasteiger partial charge on any atom is 0.234 e. The molecule has 1 unspecified atom stereocenters. The van der Waals surface area contributed by atoms with E-state index in [1.165, 1.54) is 12.4 Å². The van der Waals surface area contributed by atoms with Crippen LogP contribution in [0.5, 0.6) is 5.75 Å². The highest BCUT2D eigenvalue weighted by molar-refractivity contribution is 6.02. The fraction of sp³-hybridized carbons (Fsp3) is 0.227. The van der Waals surface area contributed by atoms with Gasteiger partial charge >= 0.3 is 0 Å². The Morgan fingerprint density at radius 1 is 1.26 bits per heavy atom. The zero-order valence-corrected chi connectivity index (χ0v) is 16.2. The number of imide groups is 1. The maximum absolute atomic E-state index is 12.2. The van der Waals surface area contributed by atoms with Crippen molar-refractivity contribution in [1.29, 1.82) is 0 Å². The molecule has 4 aromatic rings. The summed E-state index contributed by atoms with van der Waals surface area (Å²) in [6.07, 6.45) is 8.50. The van der Waals surface area contributed by atoms with Crippen molar-refractivity contribution in [3.63, 3.8) is 0 Å². The summed E-state index contributed by atoms with van der Waals surface area (Å²) in [4.78, 5) is 31.9. The van der Waals surface area contributed by atoms with E-state index in [0.717, 1.165) is 22.1 Å². The van der Waals surface area contributed by atoms with Gasteiger partial charge in [0.2, 0.25) is 11.8 Å². The van der Waals surface area contributed by atoms with E-state index >= 15 is 0 Å². The molecule has 31 heavy (non-hydrogen) atoms. The van der Waals surface area contributed by atoms with E-state index in [1.807, 2.05) is 24.4 Å². The van der Waals surface area contributed by atoms with Crippen LogP contribution in [0.4, 0.5) is 0 Å². The first-order valence-electron chi connectivity index (χ1n) is 11.1. The van der Waals surface area contributed by atoms with Crippen LogP contribution >= 0.6 is 0 Å². The van der Waals surface area contributed by atoms with Gasteiger partial charge in [0, 0.05) is 29.1 Å². The van der Waals surface area contributed by atoms with Crippen LogP contribution in [0.2, 0.25) is 0 Å². The molecule has 1 saturated heterocycles. The normalized spacial score (nSPS) is 18.3. The van der Waals surface area contributed by atoms with Gasteiger partial charge in [-0.15, -0.1) is 0 Å². The number of fused-ring (bicyclic) bond motifs is 1. The van der Waals surface area contributed by atoms with E-state index in [-0.39, 0.29) is 24.1 Å². The van der Waals surface area contributed by atoms with Gasteiger partial charge in [0.1, 0.15) is 18.0 Å². The number of benzene rings is 1. The van der Waals surface area contributed by atoms with E-state index in [4.69, 9.17) is 13.3 Å². The first kappa shape index (κ1) is 15.8. The minimum Gasteiger partial charge on any atom is -0.494 e. The van der Waals surface area contributed by atoms with Gasteiger partial charge in [-0.05, 0) is 18.1 Å². The number of amides is 2. The van der Waals surface area contributed by atoms with E-state index in [2.05, 4.69) is 20.4 Å². The lowest BCUT2D eigenvalue weighted by Gasteiger charge is -2.19. The molecule has 1 N–H and O–H groups in total. The van der Waals surface area contributed by atoms with Gasteiger partial charge in [0.15, 0.2) is 5.75 Å². The highest BCUT2D eigenvalue weighted by Crippen LogP contribution is 2.34. The summed E-state index contributed by atoms with van der Waals surface area (Å²) >= 11 is 0. The van der Waals surface area contributed by atoms with Crippen molar-refractivity contribution >= 4 is 22.8 Å². The van der Waals surface area contributed by atoms with Gasteiger partial charge in [0.05, 0.1) is 41.9 Å². The lowest BCUT2D eigenvalue weighted by Crippen LogP contribution is -2.39. The van der Waals surface area contributed by atoms with E-state index < -0.39 is 13.0 Å². The molecule has 5 rings (SSSR count). The molecule has 0 bridgehead atoms. The molecular formula is C22H19N5O4. The lowest BCUT2D eigenvalue weighted by molar-refractivity contribution is -0.134. The zero-order valence-electron chi connectivity index (χ0n) is 19.2. The van der Waals surface area contributed by atoms with Crippen LogP contribution in [0.25, 0.3) is 22.1 Å². The van der Waals surface area contributed by atoms with Gasteiger partial charge in [-0.25, -0.2) is 9.97 Å². The third-order valence-electron chi connectivity index (χ3n) is 5.29. The number of hydrogen-bond donors (Lipinski definition) is 1. The fourth-order valence-electron chi connectivity index (χ4n) is 3.71. The number of ether oxygens (including phenoxy) is 1. The van der Waals surface area contributed by atoms with E-state index in [9.17, 15) is 9.59 Å². The quantitative estimate of drug-likeness (QED) is 0.494. The third kappa shape index (κ3) is 3.65. The molecule has 0 radical (unpaired) electrons. The molecule has 1 aliphatic rings. The Bertz CT molecular complexity index is 1380. The van der Waals surface area contributed by atoms with Gasteiger partial charge < -0.3 is 9.15 Å². The number of piperidine rings is 1. The van der Waals surface area contributed by atoms with Crippen LogP contribution in [0.3, 0.4) is 0 Å². The number of carbonyl (C=O) groups is 2. The smallest absolute Gasteiger partial charge is 0.234 e. The predicted molar refractivity (Wildman–Crippen MR) is 110 cm³/mol. The maximum atomic E-state index is 12.2. The Labute approximate surface area is 181 Å². The molecule has 1 atom stereocenters. The topological polar surface area (TPSA) is 112 Å². The predicted octanol–water partition coefficient (Wildman–Crippen LogP) is 2.66. The van der Waals surface area contributed by atoms with Gasteiger partial charge in [-0.1, -0.05) is 12.1 Å². The molecule has 9 heteroatoms. The van der Waals surface area contributed by atoms with Crippen molar-refractivity contribution < 1.29 is 22.9 Å².